The molecule has 0 bridgehead atoms. The zero-order valence-corrected chi connectivity index (χ0v) is 10.7. The fraction of sp³-hybridized carbons (Fsp3) is 0.462. The maximum absolute atomic E-state index is 5.52. The van der Waals surface area contributed by atoms with E-state index < -0.39 is 0 Å². The molecule has 17 heavy (non-hydrogen) atoms. The van der Waals surface area contributed by atoms with Crippen molar-refractivity contribution in [3.05, 3.63) is 40.7 Å². The molecule has 0 saturated carbocycles. The number of aromatic nitrogens is 1. The molecule has 2 aromatic heterocycles. The summed E-state index contributed by atoms with van der Waals surface area (Å²) >= 11 is 0. The third-order valence-corrected chi connectivity index (χ3v) is 2.81. The van der Waals surface area contributed by atoms with Crippen molar-refractivity contribution in [1.29, 1.82) is 0 Å². The molecule has 1 unspecified atom stereocenters. The molecule has 0 fully saturated rings. The van der Waals surface area contributed by atoms with Gasteiger partial charge in [0.25, 0.3) is 0 Å². The maximum Gasteiger partial charge on any atom is 0.133 e. The van der Waals surface area contributed by atoms with E-state index in [0.717, 1.165) is 23.0 Å². The lowest BCUT2D eigenvalue weighted by Gasteiger charge is -2.11. The van der Waals surface area contributed by atoms with Crippen molar-refractivity contribution in [3.8, 4) is 0 Å². The molecule has 0 spiro atoms. The van der Waals surface area contributed by atoms with Crippen molar-refractivity contribution in [1.82, 2.24) is 10.5 Å². The first-order valence-electron chi connectivity index (χ1n) is 5.79. The zero-order chi connectivity index (χ0) is 12.4. The van der Waals surface area contributed by atoms with Crippen LogP contribution in [0.15, 0.2) is 21.1 Å². The number of aryl methyl sites for hydroxylation is 3. The topological polar surface area (TPSA) is 51.2 Å². The van der Waals surface area contributed by atoms with Crippen molar-refractivity contribution in [3.63, 3.8) is 0 Å². The number of hydrogen-bond donors (Lipinski definition) is 1. The molecular weight excluding hydrogens is 216 g/mol. The monoisotopic (exact) mass is 234 g/mol. The van der Waals surface area contributed by atoms with Crippen LogP contribution in [0.5, 0.6) is 0 Å². The first kappa shape index (κ1) is 11.9. The minimum atomic E-state index is 0.240. The van der Waals surface area contributed by atoms with Crippen molar-refractivity contribution in [2.45, 2.75) is 40.3 Å². The summed E-state index contributed by atoms with van der Waals surface area (Å²) in [5.74, 6) is 2.76. The molecule has 4 nitrogen and oxygen atoms in total. The van der Waals surface area contributed by atoms with Crippen LogP contribution in [-0.4, -0.2) is 5.16 Å². The Morgan fingerprint density at radius 2 is 2.00 bits per heavy atom. The largest absolute Gasteiger partial charge is 0.466 e. The Bertz CT molecular complexity index is 499. The van der Waals surface area contributed by atoms with E-state index in [1.165, 1.54) is 5.56 Å². The van der Waals surface area contributed by atoms with Gasteiger partial charge in [0.2, 0.25) is 0 Å². The standard InChI is InChI=1S/C13H18N2O2/c1-8-6-13(11(4)16-8)10(3)14-7-12-5-9(2)17-15-12/h5-6,10,14H,7H2,1-4H3. The average Bonchev–Trinajstić information content (AvgIpc) is 2.81. The highest BCUT2D eigenvalue weighted by Gasteiger charge is 2.12. The summed E-state index contributed by atoms with van der Waals surface area (Å²) in [5.41, 5.74) is 2.12. The molecule has 4 heteroatoms. The fourth-order valence-corrected chi connectivity index (χ4v) is 1.95. The number of rotatable bonds is 4. The van der Waals surface area contributed by atoms with E-state index in [-0.39, 0.29) is 6.04 Å². The average molecular weight is 234 g/mol. The van der Waals surface area contributed by atoms with Gasteiger partial charge < -0.3 is 14.3 Å². The Morgan fingerprint density at radius 1 is 1.24 bits per heavy atom. The molecule has 2 aromatic rings. The second-order valence-electron chi connectivity index (χ2n) is 4.40. The van der Waals surface area contributed by atoms with Gasteiger partial charge in [-0.1, -0.05) is 5.16 Å². The Hall–Kier alpha value is -1.55. The second kappa shape index (κ2) is 4.75. The smallest absolute Gasteiger partial charge is 0.133 e. The lowest BCUT2D eigenvalue weighted by atomic mass is 10.1. The van der Waals surface area contributed by atoms with E-state index in [2.05, 4.69) is 23.5 Å². The van der Waals surface area contributed by atoms with Gasteiger partial charge in [0.1, 0.15) is 17.3 Å². The Morgan fingerprint density at radius 3 is 2.53 bits per heavy atom. The maximum atomic E-state index is 5.52. The summed E-state index contributed by atoms with van der Waals surface area (Å²) in [6.45, 7) is 8.65. The third kappa shape index (κ3) is 2.77. The predicted octanol–water partition coefficient (Wildman–Crippen LogP) is 3.04. The van der Waals surface area contributed by atoms with E-state index in [1.54, 1.807) is 0 Å². The van der Waals surface area contributed by atoms with Crippen LogP contribution in [0.3, 0.4) is 0 Å². The van der Waals surface area contributed by atoms with Gasteiger partial charge in [0, 0.05) is 24.2 Å². The predicted molar refractivity (Wildman–Crippen MR) is 64.7 cm³/mol. The van der Waals surface area contributed by atoms with E-state index in [1.807, 2.05) is 26.8 Å². The molecule has 2 heterocycles. The first-order valence-corrected chi connectivity index (χ1v) is 5.79. The highest BCUT2D eigenvalue weighted by Crippen LogP contribution is 2.21. The van der Waals surface area contributed by atoms with Crippen LogP contribution in [0.1, 0.15) is 41.5 Å². The van der Waals surface area contributed by atoms with Crippen LogP contribution < -0.4 is 5.32 Å². The molecule has 0 amide bonds. The molecule has 0 aliphatic heterocycles. The molecule has 0 saturated heterocycles. The van der Waals surface area contributed by atoms with Gasteiger partial charge in [-0.3, -0.25) is 0 Å². The number of hydrogen-bond acceptors (Lipinski definition) is 4. The van der Waals surface area contributed by atoms with Gasteiger partial charge in [-0.05, 0) is 33.8 Å². The summed E-state index contributed by atoms with van der Waals surface area (Å²) in [4.78, 5) is 0. The van der Waals surface area contributed by atoms with Gasteiger partial charge in [0.05, 0.1) is 5.69 Å². The van der Waals surface area contributed by atoms with Gasteiger partial charge in [-0.25, -0.2) is 0 Å². The lowest BCUT2D eigenvalue weighted by Crippen LogP contribution is -2.18. The van der Waals surface area contributed by atoms with E-state index in [4.69, 9.17) is 8.94 Å². The summed E-state index contributed by atoms with van der Waals surface area (Å²) in [5, 5.41) is 7.35. The van der Waals surface area contributed by atoms with Gasteiger partial charge >= 0.3 is 0 Å². The van der Waals surface area contributed by atoms with Crippen LogP contribution in [0.2, 0.25) is 0 Å². The number of nitrogens with one attached hydrogen (secondary N) is 1. The van der Waals surface area contributed by atoms with Crippen molar-refractivity contribution in [2.75, 3.05) is 0 Å². The van der Waals surface area contributed by atoms with Crippen LogP contribution in [0.25, 0.3) is 0 Å². The molecule has 0 aliphatic rings. The van der Waals surface area contributed by atoms with Gasteiger partial charge in [-0.2, -0.15) is 0 Å². The third-order valence-electron chi connectivity index (χ3n) is 2.81. The minimum absolute atomic E-state index is 0.240. The second-order valence-corrected chi connectivity index (χ2v) is 4.40. The quantitative estimate of drug-likeness (QED) is 0.883. The Labute approximate surface area is 101 Å². The summed E-state index contributed by atoms with van der Waals surface area (Å²) in [6, 6.07) is 4.25. The van der Waals surface area contributed by atoms with Crippen molar-refractivity contribution < 1.29 is 8.94 Å². The SMILES string of the molecule is Cc1cc(CNC(C)c2cc(C)oc2C)no1. The summed E-state index contributed by atoms with van der Waals surface area (Å²) in [6.07, 6.45) is 0. The Balaban J connectivity index is 1.97. The lowest BCUT2D eigenvalue weighted by molar-refractivity contribution is 0.386. The van der Waals surface area contributed by atoms with Gasteiger partial charge in [-0.15, -0.1) is 0 Å². The summed E-state index contributed by atoms with van der Waals surface area (Å²) in [7, 11) is 0. The molecule has 92 valence electrons. The molecule has 0 radical (unpaired) electrons. The fourth-order valence-electron chi connectivity index (χ4n) is 1.95. The van der Waals surface area contributed by atoms with E-state index >= 15 is 0 Å². The molecule has 2 rings (SSSR count). The molecule has 0 aromatic carbocycles. The summed E-state index contributed by atoms with van der Waals surface area (Å²) < 4.78 is 10.5. The molecule has 1 atom stereocenters. The van der Waals surface area contributed by atoms with Crippen LogP contribution in [0, 0.1) is 20.8 Å². The zero-order valence-electron chi connectivity index (χ0n) is 10.7. The molecular formula is C13H18N2O2. The normalized spacial score (nSPS) is 12.9. The molecule has 0 aliphatic carbocycles. The Kier molecular flexibility index (Phi) is 3.33. The minimum Gasteiger partial charge on any atom is -0.466 e. The van der Waals surface area contributed by atoms with Crippen molar-refractivity contribution in [2.24, 2.45) is 0 Å². The number of furan rings is 1. The van der Waals surface area contributed by atoms with Crippen LogP contribution in [-0.2, 0) is 6.54 Å². The van der Waals surface area contributed by atoms with E-state index in [9.17, 15) is 0 Å². The highest BCUT2D eigenvalue weighted by atomic mass is 16.5. The van der Waals surface area contributed by atoms with Gasteiger partial charge in [0.15, 0.2) is 0 Å². The number of nitrogens with zero attached hydrogens (tertiary/aromatic N) is 1. The molecule has 1 N–H and O–H groups in total. The van der Waals surface area contributed by atoms with Crippen LogP contribution in [0.4, 0.5) is 0 Å². The van der Waals surface area contributed by atoms with Crippen LogP contribution >= 0.6 is 0 Å². The van der Waals surface area contributed by atoms with Crippen molar-refractivity contribution >= 4 is 0 Å². The van der Waals surface area contributed by atoms with E-state index in [0.29, 0.717) is 6.54 Å². The first-order chi connectivity index (χ1) is 8.06. The highest BCUT2D eigenvalue weighted by molar-refractivity contribution is 5.23.